The predicted octanol–water partition coefficient (Wildman–Crippen LogP) is 4.97. The Kier molecular flexibility index (Phi) is 5.88. The van der Waals surface area contributed by atoms with Gasteiger partial charge in [-0.05, 0) is 85.6 Å². The van der Waals surface area contributed by atoms with Crippen LogP contribution in [0.15, 0.2) is 42.5 Å². The van der Waals surface area contributed by atoms with Crippen molar-refractivity contribution in [1.29, 1.82) is 0 Å². The summed E-state index contributed by atoms with van der Waals surface area (Å²) >= 11 is 0. The number of hydrogen-bond donors (Lipinski definition) is 2. The highest BCUT2D eigenvalue weighted by atomic mass is 19.1. The van der Waals surface area contributed by atoms with Crippen molar-refractivity contribution >= 4 is 6.08 Å². The molecule has 4 rings (SSSR count). The summed E-state index contributed by atoms with van der Waals surface area (Å²) in [5, 5.41) is 7.02. The zero-order valence-electron chi connectivity index (χ0n) is 16.3. The molecule has 0 aromatic heterocycles. The maximum atomic E-state index is 14.4. The lowest BCUT2D eigenvalue weighted by atomic mass is 9.81. The Balaban J connectivity index is 1.49. The molecule has 2 aromatic rings. The molecule has 1 fully saturated rings. The molecule has 148 valence electrons. The van der Waals surface area contributed by atoms with E-state index in [-0.39, 0.29) is 29.5 Å². The van der Waals surface area contributed by atoms with Crippen LogP contribution in [0.4, 0.5) is 8.78 Å². The van der Waals surface area contributed by atoms with Crippen molar-refractivity contribution in [3.63, 3.8) is 0 Å². The highest BCUT2D eigenvalue weighted by molar-refractivity contribution is 5.60. The fraction of sp³-hybridized carbons (Fsp3) is 0.417. The molecule has 0 spiro atoms. The fourth-order valence-corrected chi connectivity index (χ4v) is 4.63. The van der Waals surface area contributed by atoms with Gasteiger partial charge in [-0.3, -0.25) is 0 Å². The van der Waals surface area contributed by atoms with Gasteiger partial charge in [-0.25, -0.2) is 8.78 Å². The maximum Gasteiger partial charge on any atom is 0.126 e. The van der Waals surface area contributed by atoms with Crippen LogP contribution in [0.1, 0.15) is 54.0 Å². The summed E-state index contributed by atoms with van der Waals surface area (Å²) < 4.78 is 28.1. The van der Waals surface area contributed by atoms with E-state index >= 15 is 0 Å². The highest BCUT2D eigenvalue weighted by Crippen LogP contribution is 2.32. The van der Waals surface area contributed by atoms with Crippen LogP contribution in [0.2, 0.25) is 0 Å². The van der Waals surface area contributed by atoms with Gasteiger partial charge in [0.25, 0.3) is 0 Å². The van der Waals surface area contributed by atoms with E-state index in [0.717, 1.165) is 32.4 Å². The summed E-state index contributed by atoms with van der Waals surface area (Å²) in [5.41, 5.74) is 4.56. The van der Waals surface area contributed by atoms with Crippen LogP contribution in [0.5, 0.6) is 0 Å². The van der Waals surface area contributed by atoms with Crippen LogP contribution in [-0.2, 0) is 6.42 Å². The molecule has 2 unspecified atom stereocenters. The third-order valence-corrected chi connectivity index (χ3v) is 6.23. The van der Waals surface area contributed by atoms with Gasteiger partial charge >= 0.3 is 0 Å². The van der Waals surface area contributed by atoms with E-state index in [9.17, 15) is 8.78 Å². The number of benzene rings is 2. The highest BCUT2D eigenvalue weighted by Gasteiger charge is 2.29. The molecule has 28 heavy (non-hydrogen) atoms. The van der Waals surface area contributed by atoms with Crippen LogP contribution >= 0.6 is 0 Å². The first-order valence-electron chi connectivity index (χ1n) is 10.3. The number of nitrogens with one attached hydrogen (secondary N) is 2. The Morgan fingerprint density at radius 1 is 1.21 bits per heavy atom. The van der Waals surface area contributed by atoms with Gasteiger partial charge in [-0.15, -0.1) is 0 Å². The Labute approximate surface area is 166 Å². The van der Waals surface area contributed by atoms with E-state index in [1.165, 1.54) is 34.9 Å². The molecule has 1 aliphatic heterocycles. The van der Waals surface area contributed by atoms with E-state index in [1.807, 2.05) is 0 Å². The lowest BCUT2D eigenvalue weighted by Gasteiger charge is -2.34. The molecular formula is C24H28F2N2. The predicted molar refractivity (Wildman–Crippen MR) is 110 cm³/mol. The summed E-state index contributed by atoms with van der Waals surface area (Å²) in [4.78, 5) is 0. The van der Waals surface area contributed by atoms with Gasteiger partial charge in [0.1, 0.15) is 11.6 Å². The van der Waals surface area contributed by atoms with Gasteiger partial charge in [0.15, 0.2) is 0 Å². The van der Waals surface area contributed by atoms with Crippen LogP contribution < -0.4 is 10.6 Å². The first kappa shape index (κ1) is 19.3. The smallest absolute Gasteiger partial charge is 0.126 e. The number of allylic oxidation sites excluding steroid dienone is 1. The molecule has 4 heteroatoms. The van der Waals surface area contributed by atoms with Gasteiger partial charge in [0.2, 0.25) is 0 Å². The van der Waals surface area contributed by atoms with Crippen molar-refractivity contribution in [3.05, 3.63) is 76.4 Å². The van der Waals surface area contributed by atoms with Gasteiger partial charge < -0.3 is 10.6 Å². The van der Waals surface area contributed by atoms with Crippen LogP contribution in [0, 0.1) is 17.6 Å². The van der Waals surface area contributed by atoms with Crippen molar-refractivity contribution < 1.29 is 8.78 Å². The van der Waals surface area contributed by atoms with E-state index in [0.29, 0.717) is 12.1 Å². The third-order valence-electron chi connectivity index (χ3n) is 6.23. The number of rotatable bonds is 5. The summed E-state index contributed by atoms with van der Waals surface area (Å²) in [5.74, 6) is -0.427. The molecule has 0 bridgehead atoms. The van der Waals surface area contributed by atoms with Crippen LogP contribution in [-0.4, -0.2) is 19.6 Å². The molecule has 1 heterocycles. The largest absolute Gasteiger partial charge is 0.316 e. The SMILES string of the molecule is C[C@@H](NCC1CCNCC1c1cc(F)ccc1F)c1cccc2c1C=CCC2. The molecule has 2 aromatic carbocycles. The second-order valence-corrected chi connectivity index (χ2v) is 8.02. The first-order valence-corrected chi connectivity index (χ1v) is 10.3. The van der Waals surface area contributed by atoms with Crippen molar-refractivity contribution in [1.82, 2.24) is 10.6 Å². The molecule has 2 nitrogen and oxygen atoms in total. The molecule has 3 atom stereocenters. The van der Waals surface area contributed by atoms with Crippen molar-refractivity contribution in [3.8, 4) is 0 Å². The van der Waals surface area contributed by atoms with Crippen molar-refractivity contribution in [2.24, 2.45) is 5.92 Å². The summed E-state index contributed by atoms with van der Waals surface area (Å²) in [6.07, 6.45) is 7.64. The molecule has 2 N–H and O–H groups in total. The molecule has 0 amide bonds. The van der Waals surface area contributed by atoms with Crippen LogP contribution in [0.25, 0.3) is 6.08 Å². The van der Waals surface area contributed by atoms with Crippen molar-refractivity contribution in [2.75, 3.05) is 19.6 Å². The molecular weight excluding hydrogens is 354 g/mol. The Morgan fingerprint density at radius 3 is 3.00 bits per heavy atom. The number of piperidine rings is 1. The average molecular weight is 382 g/mol. The molecule has 0 saturated carbocycles. The first-order chi connectivity index (χ1) is 13.6. The Bertz CT molecular complexity index is 862. The van der Waals surface area contributed by atoms with Crippen LogP contribution in [0.3, 0.4) is 0 Å². The number of fused-ring (bicyclic) bond motifs is 1. The minimum absolute atomic E-state index is 0.0197. The monoisotopic (exact) mass is 382 g/mol. The number of hydrogen-bond acceptors (Lipinski definition) is 2. The minimum Gasteiger partial charge on any atom is -0.316 e. The number of aryl methyl sites for hydroxylation is 1. The maximum absolute atomic E-state index is 14.4. The molecule has 0 radical (unpaired) electrons. The van der Waals surface area contributed by atoms with E-state index < -0.39 is 0 Å². The summed E-state index contributed by atoms with van der Waals surface area (Å²) in [6.45, 7) is 4.58. The second kappa shape index (κ2) is 8.54. The molecule has 2 aliphatic rings. The van der Waals surface area contributed by atoms with Gasteiger partial charge in [-0.2, -0.15) is 0 Å². The second-order valence-electron chi connectivity index (χ2n) is 8.02. The lowest BCUT2D eigenvalue weighted by Crippen LogP contribution is -2.40. The average Bonchev–Trinajstić information content (AvgIpc) is 2.73. The van der Waals surface area contributed by atoms with Gasteiger partial charge in [-0.1, -0.05) is 30.4 Å². The number of halogens is 2. The lowest BCUT2D eigenvalue weighted by molar-refractivity contribution is 0.296. The van der Waals surface area contributed by atoms with Crippen molar-refractivity contribution in [2.45, 2.75) is 38.1 Å². The van der Waals surface area contributed by atoms with Gasteiger partial charge in [0, 0.05) is 18.5 Å². The quantitative estimate of drug-likeness (QED) is 0.763. The fourth-order valence-electron chi connectivity index (χ4n) is 4.63. The zero-order valence-corrected chi connectivity index (χ0v) is 16.3. The molecule has 1 saturated heterocycles. The third kappa shape index (κ3) is 4.03. The van der Waals surface area contributed by atoms with Gasteiger partial charge in [0.05, 0.1) is 0 Å². The normalized spacial score (nSPS) is 22.7. The molecule has 1 aliphatic carbocycles. The standard InChI is InChI=1S/C24H28F2N2/c1-16(20-8-4-6-17-5-2-3-7-21(17)20)28-14-18-11-12-27-15-23(18)22-13-19(25)9-10-24(22)26/h3-4,6-10,13,16,18,23,27-28H,2,5,11-12,14-15H2,1H3/t16-,18?,23?/m1/s1. The Morgan fingerprint density at radius 2 is 2.11 bits per heavy atom. The van der Waals surface area contributed by atoms with E-state index in [2.05, 4.69) is 47.9 Å². The Hall–Kier alpha value is -2.04. The summed E-state index contributed by atoms with van der Waals surface area (Å²) in [6, 6.07) is 10.6. The topological polar surface area (TPSA) is 24.1 Å². The van der Waals surface area contributed by atoms with E-state index in [4.69, 9.17) is 0 Å². The zero-order chi connectivity index (χ0) is 19.5. The van der Waals surface area contributed by atoms with E-state index in [1.54, 1.807) is 0 Å². The minimum atomic E-state index is -0.371. The summed E-state index contributed by atoms with van der Waals surface area (Å²) in [7, 11) is 0.